The Hall–Kier alpha value is -4.95. The number of rotatable bonds is 12. The van der Waals surface area contributed by atoms with Gasteiger partial charge in [-0.05, 0) is 71.7 Å². The largest absolute Gasteiger partial charge is 0.497 e. The van der Waals surface area contributed by atoms with Gasteiger partial charge in [0.2, 0.25) is 11.8 Å². The smallest absolute Gasteiger partial charge is 0.247 e. The Bertz CT molecular complexity index is 1650. The van der Waals surface area contributed by atoms with Crippen molar-refractivity contribution >= 4 is 23.7 Å². The van der Waals surface area contributed by atoms with Gasteiger partial charge in [0.05, 0.1) is 20.3 Å². The molecule has 254 valence electrons. The fourth-order valence-electron chi connectivity index (χ4n) is 6.69. The highest BCUT2D eigenvalue weighted by Crippen LogP contribution is 2.25. The lowest BCUT2D eigenvalue weighted by molar-refractivity contribution is -0.145. The molecule has 3 heterocycles. The summed E-state index contributed by atoms with van der Waals surface area (Å²) < 4.78 is 10.8. The number of pyridine rings is 1. The van der Waals surface area contributed by atoms with E-state index in [1.165, 1.54) is 5.56 Å². The van der Waals surface area contributed by atoms with E-state index in [1.807, 2.05) is 83.9 Å². The molecule has 0 spiro atoms. The quantitative estimate of drug-likeness (QED) is 0.172. The molecule has 0 unspecified atom stereocenters. The van der Waals surface area contributed by atoms with Crippen molar-refractivity contribution in [3.63, 3.8) is 0 Å². The van der Waals surface area contributed by atoms with Gasteiger partial charge in [-0.15, -0.1) is 0 Å². The summed E-state index contributed by atoms with van der Waals surface area (Å²) in [6, 6.07) is 31.5. The molecule has 2 fully saturated rings. The van der Waals surface area contributed by atoms with Crippen molar-refractivity contribution < 1.29 is 19.1 Å². The van der Waals surface area contributed by atoms with Gasteiger partial charge in [0.25, 0.3) is 0 Å². The Labute approximate surface area is 290 Å². The summed E-state index contributed by atoms with van der Waals surface area (Å²) in [5.41, 5.74) is 4.09. The van der Waals surface area contributed by atoms with E-state index in [9.17, 15) is 9.59 Å². The van der Waals surface area contributed by atoms with Gasteiger partial charge < -0.3 is 24.2 Å². The van der Waals surface area contributed by atoms with Crippen molar-refractivity contribution in [3.05, 3.63) is 132 Å². The average molecular weight is 659 g/mol. The van der Waals surface area contributed by atoms with Gasteiger partial charge in [-0.2, -0.15) is 0 Å². The number of nitrogens with zero attached hydrogens (tertiary/aromatic N) is 4. The normalized spacial score (nSPS) is 16.0. The Kier molecular flexibility index (Phi) is 11.7. The molecule has 2 saturated heterocycles. The van der Waals surface area contributed by atoms with Crippen LogP contribution in [0, 0.1) is 5.92 Å². The number of likely N-dealkylation sites (tertiary alicyclic amines) is 1. The minimum absolute atomic E-state index is 0.00823. The third-order valence-electron chi connectivity index (χ3n) is 9.54. The number of ether oxygens (including phenoxy) is 2. The predicted molar refractivity (Wildman–Crippen MR) is 193 cm³/mol. The number of carbonyl (C=O) groups is 2. The number of amides is 2. The molecule has 0 saturated carbocycles. The van der Waals surface area contributed by atoms with Crippen LogP contribution in [0.1, 0.15) is 35.1 Å². The number of hydrogen-bond donors (Lipinski definition) is 0. The molecule has 2 aliphatic heterocycles. The minimum atomic E-state index is -0.681. The topological polar surface area (TPSA) is 75.2 Å². The SMILES string of the molecule is COc1ccc(C=CC(=O)N(Cc2ccc(N3CCOCC3)nc2)[C@@H](Cc2ccccc2)C(=O)N2CCC(Cc3ccccc3)CC2)cc1. The highest BCUT2D eigenvalue weighted by atomic mass is 16.5. The molecule has 8 heteroatoms. The van der Waals surface area contributed by atoms with Crippen LogP contribution in [0.15, 0.2) is 109 Å². The first kappa shape index (κ1) is 33.9. The van der Waals surface area contributed by atoms with Crippen LogP contribution in [0.4, 0.5) is 5.82 Å². The van der Waals surface area contributed by atoms with E-state index in [0.717, 1.165) is 60.6 Å². The molecule has 1 atom stereocenters. The highest BCUT2D eigenvalue weighted by Gasteiger charge is 2.34. The van der Waals surface area contributed by atoms with Gasteiger partial charge >= 0.3 is 0 Å². The summed E-state index contributed by atoms with van der Waals surface area (Å²) in [6.07, 6.45) is 8.53. The Morgan fingerprint density at radius 3 is 2.16 bits per heavy atom. The number of benzene rings is 3. The maximum absolute atomic E-state index is 14.6. The summed E-state index contributed by atoms with van der Waals surface area (Å²) in [5.74, 6) is 1.94. The molecule has 6 rings (SSSR count). The van der Waals surface area contributed by atoms with E-state index in [0.29, 0.717) is 38.6 Å². The average Bonchev–Trinajstić information content (AvgIpc) is 3.17. The third-order valence-corrected chi connectivity index (χ3v) is 9.54. The van der Waals surface area contributed by atoms with E-state index in [1.54, 1.807) is 24.2 Å². The molecule has 0 radical (unpaired) electrons. The van der Waals surface area contributed by atoms with Gasteiger partial charge in [-0.3, -0.25) is 9.59 Å². The fraction of sp³-hybridized carbons (Fsp3) is 0.341. The van der Waals surface area contributed by atoms with Crippen LogP contribution in [0.2, 0.25) is 0 Å². The fourth-order valence-corrected chi connectivity index (χ4v) is 6.69. The van der Waals surface area contributed by atoms with E-state index in [4.69, 9.17) is 14.5 Å². The predicted octanol–water partition coefficient (Wildman–Crippen LogP) is 6.06. The van der Waals surface area contributed by atoms with Crippen molar-refractivity contribution in [3.8, 4) is 5.75 Å². The second kappa shape index (κ2) is 16.9. The molecule has 8 nitrogen and oxygen atoms in total. The van der Waals surface area contributed by atoms with Crippen molar-refractivity contribution in [2.75, 3.05) is 51.4 Å². The zero-order chi connectivity index (χ0) is 33.8. The lowest BCUT2D eigenvalue weighted by Gasteiger charge is -2.38. The molecule has 2 aliphatic rings. The zero-order valence-corrected chi connectivity index (χ0v) is 28.3. The van der Waals surface area contributed by atoms with Crippen LogP contribution in [0.5, 0.6) is 5.75 Å². The van der Waals surface area contributed by atoms with E-state index < -0.39 is 6.04 Å². The third kappa shape index (κ3) is 9.36. The number of hydrogen-bond acceptors (Lipinski definition) is 6. The van der Waals surface area contributed by atoms with E-state index >= 15 is 0 Å². The highest BCUT2D eigenvalue weighted by molar-refractivity contribution is 5.95. The number of carbonyl (C=O) groups excluding carboxylic acids is 2. The molecular weight excluding hydrogens is 612 g/mol. The Morgan fingerprint density at radius 2 is 1.53 bits per heavy atom. The van der Waals surface area contributed by atoms with Crippen molar-refractivity contribution in [1.82, 2.24) is 14.8 Å². The standard InChI is InChI=1S/C41H46N4O4/c1-48-37-16-12-32(13-17-37)15-19-40(46)45(31-36-14-18-39(42-30-36)43-24-26-49-27-25-43)38(29-34-10-6-3-7-11-34)41(47)44-22-20-35(21-23-44)28-33-8-4-2-5-9-33/h2-19,30,35,38H,20-29,31H2,1H3/t38-/m0/s1. The molecule has 0 N–H and O–H groups in total. The van der Waals surface area contributed by atoms with E-state index in [-0.39, 0.29) is 18.4 Å². The number of morpholine rings is 1. The molecule has 49 heavy (non-hydrogen) atoms. The minimum Gasteiger partial charge on any atom is -0.497 e. The van der Waals surface area contributed by atoms with Gasteiger partial charge in [0.1, 0.15) is 17.6 Å². The first-order chi connectivity index (χ1) is 24.1. The number of piperidine rings is 1. The first-order valence-corrected chi connectivity index (χ1v) is 17.3. The zero-order valence-electron chi connectivity index (χ0n) is 28.3. The van der Waals surface area contributed by atoms with Crippen molar-refractivity contribution in [2.24, 2.45) is 5.92 Å². The van der Waals surface area contributed by atoms with Crippen LogP contribution in [-0.4, -0.2) is 79.1 Å². The van der Waals surface area contributed by atoms with Gasteiger partial charge in [0.15, 0.2) is 0 Å². The van der Waals surface area contributed by atoms with Gasteiger partial charge in [-0.25, -0.2) is 4.98 Å². The number of anilines is 1. The van der Waals surface area contributed by atoms with Gasteiger partial charge in [0, 0.05) is 51.4 Å². The van der Waals surface area contributed by atoms with Crippen LogP contribution in [0.3, 0.4) is 0 Å². The molecule has 0 aliphatic carbocycles. The van der Waals surface area contributed by atoms with E-state index in [2.05, 4.69) is 29.2 Å². The molecule has 4 aromatic rings. The Balaban J connectivity index is 1.25. The number of aromatic nitrogens is 1. The Morgan fingerprint density at radius 1 is 0.857 bits per heavy atom. The van der Waals surface area contributed by atoms with Crippen LogP contribution in [-0.2, 0) is 33.7 Å². The summed E-state index contributed by atoms with van der Waals surface area (Å²) in [4.78, 5) is 39.5. The number of methoxy groups -OCH3 is 1. The van der Waals surface area contributed by atoms with Crippen LogP contribution < -0.4 is 9.64 Å². The summed E-state index contributed by atoms with van der Waals surface area (Å²) in [6.45, 7) is 4.57. The summed E-state index contributed by atoms with van der Waals surface area (Å²) in [5, 5.41) is 0. The van der Waals surface area contributed by atoms with Crippen molar-refractivity contribution in [1.29, 1.82) is 0 Å². The monoisotopic (exact) mass is 658 g/mol. The summed E-state index contributed by atoms with van der Waals surface area (Å²) in [7, 11) is 1.63. The maximum Gasteiger partial charge on any atom is 0.247 e. The lowest BCUT2D eigenvalue weighted by Crippen LogP contribution is -2.53. The maximum atomic E-state index is 14.6. The lowest BCUT2D eigenvalue weighted by atomic mass is 9.89. The second-order valence-corrected chi connectivity index (χ2v) is 12.9. The molecule has 3 aromatic carbocycles. The molecule has 1 aromatic heterocycles. The van der Waals surface area contributed by atoms with Crippen LogP contribution >= 0.6 is 0 Å². The molecular formula is C41H46N4O4. The van der Waals surface area contributed by atoms with Crippen LogP contribution in [0.25, 0.3) is 6.08 Å². The first-order valence-electron chi connectivity index (χ1n) is 17.3. The second-order valence-electron chi connectivity index (χ2n) is 12.9. The molecule has 0 bridgehead atoms. The van der Waals surface area contributed by atoms with Gasteiger partial charge in [-0.1, -0.05) is 78.9 Å². The van der Waals surface area contributed by atoms with Crippen molar-refractivity contribution in [2.45, 2.75) is 38.3 Å². The molecule has 2 amide bonds. The summed E-state index contributed by atoms with van der Waals surface area (Å²) >= 11 is 0.